The van der Waals surface area contributed by atoms with Crippen LogP contribution in [-0.2, 0) is 11.2 Å². The first kappa shape index (κ1) is 16.1. The zero-order valence-corrected chi connectivity index (χ0v) is 11.9. The van der Waals surface area contributed by atoms with Gasteiger partial charge in [-0.3, -0.25) is 19.9 Å². The Morgan fingerprint density at radius 1 is 1.17 bits per heavy atom. The molecule has 0 unspecified atom stereocenters. The van der Waals surface area contributed by atoms with Gasteiger partial charge in [0.15, 0.2) is 0 Å². The lowest BCUT2D eigenvalue weighted by Gasteiger charge is -2.14. The van der Waals surface area contributed by atoms with Gasteiger partial charge in [-0.25, -0.2) is 4.79 Å². The zero-order valence-electron chi connectivity index (χ0n) is 11.9. The maximum atomic E-state index is 12.0. The normalized spacial score (nSPS) is 11.5. The highest BCUT2D eigenvalue weighted by molar-refractivity contribution is 5.96. The van der Waals surface area contributed by atoms with Crippen molar-refractivity contribution in [3.63, 3.8) is 0 Å². The van der Waals surface area contributed by atoms with E-state index in [2.05, 4.69) is 10.3 Å². The Labute approximate surface area is 130 Å². The number of carboxylic acids is 1. The summed E-state index contributed by atoms with van der Waals surface area (Å²) in [7, 11) is 0. The number of carboxylic acid groups (broad SMARTS) is 1. The molecule has 118 valence electrons. The Bertz CT molecular complexity index is 716. The van der Waals surface area contributed by atoms with E-state index < -0.39 is 22.8 Å². The molecule has 2 rings (SSSR count). The van der Waals surface area contributed by atoms with Gasteiger partial charge in [0.2, 0.25) is 0 Å². The Kier molecular flexibility index (Phi) is 4.98. The second kappa shape index (κ2) is 7.12. The van der Waals surface area contributed by atoms with Gasteiger partial charge in [0, 0.05) is 36.5 Å². The number of rotatable bonds is 6. The molecule has 8 heteroatoms. The molecule has 8 nitrogen and oxygen atoms in total. The number of pyridine rings is 1. The van der Waals surface area contributed by atoms with Crippen LogP contribution in [0, 0.1) is 10.1 Å². The number of amides is 1. The number of hydrogen-bond acceptors (Lipinski definition) is 5. The van der Waals surface area contributed by atoms with Crippen LogP contribution in [0.25, 0.3) is 0 Å². The number of benzene rings is 1. The molecule has 2 N–H and O–H groups in total. The van der Waals surface area contributed by atoms with Crippen LogP contribution in [0.4, 0.5) is 5.69 Å². The van der Waals surface area contributed by atoms with Crippen LogP contribution < -0.4 is 5.32 Å². The van der Waals surface area contributed by atoms with Gasteiger partial charge >= 0.3 is 5.97 Å². The molecule has 0 spiro atoms. The second-order valence-corrected chi connectivity index (χ2v) is 4.73. The maximum Gasteiger partial charge on any atom is 0.326 e. The number of nitrogens with zero attached hydrogens (tertiary/aromatic N) is 2. The molecule has 1 aromatic carbocycles. The monoisotopic (exact) mass is 315 g/mol. The largest absolute Gasteiger partial charge is 0.480 e. The van der Waals surface area contributed by atoms with Gasteiger partial charge in [-0.05, 0) is 17.7 Å². The summed E-state index contributed by atoms with van der Waals surface area (Å²) in [5, 5.41) is 22.3. The van der Waals surface area contributed by atoms with Gasteiger partial charge < -0.3 is 10.4 Å². The van der Waals surface area contributed by atoms with E-state index in [4.69, 9.17) is 0 Å². The molecular formula is C15H13N3O5. The molecule has 2 aromatic rings. The predicted molar refractivity (Wildman–Crippen MR) is 79.9 cm³/mol. The third-order valence-corrected chi connectivity index (χ3v) is 3.13. The molecule has 1 heterocycles. The number of aliphatic carboxylic acids is 1. The molecule has 0 aliphatic carbocycles. The fourth-order valence-electron chi connectivity index (χ4n) is 1.93. The first-order valence-electron chi connectivity index (χ1n) is 6.64. The number of nitro benzene ring substituents is 1. The topological polar surface area (TPSA) is 122 Å². The average molecular weight is 315 g/mol. The minimum Gasteiger partial charge on any atom is -0.480 e. The molecule has 0 fully saturated rings. The summed E-state index contributed by atoms with van der Waals surface area (Å²) in [6.07, 6.45) is 2.88. The predicted octanol–water partition coefficient (Wildman–Crippen LogP) is 1.42. The SMILES string of the molecule is O=C(N[C@H](Cc1ccc([N+](=O)[O-])cc1)C(=O)O)c1ccncc1. The van der Waals surface area contributed by atoms with E-state index in [1.165, 1.54) is 48.8 Å². The molecule has 0 aliphatic heterocycles. The standard InChI is InChI=1S/C15H13N3O5/c19-14(11-5-7-16-8-6-11)17-13(15(20)21)9-10-1-3-12(4-2-10)18(22)23/h1-8,13H,9H2,(H,17,19)(H,20,21)/t13-/m1/s1. The first-order valence-corrected chi connectivity index (χ1v) is 6.64. The van der Waals surface area contributed by atoms with E-state index in [1.54, 1.807) is 0 Å². The Balaban J connectivity index is 2.08. The van der Waals surface area contributed by atoms with Crippen molar-refractivity contribution < 1.29 is 19.6 Å². The molecule has 0 saturated carbocycles. The highest BCUT2D eigenvalue weighted by atomic mass is 16.6. The number of aromatic nitrogens is 1. The van der Waals surface area contributed by atoms with Crippen molar-refractivity contribution in [3.05, 3.63) is 70.0 Å². The molecule has 0 aliphatic rings. The maximum absolute atomic E-state index is 12.0. The van der Waals surface area contributed by atoms with E-state index in [-0.39, 0.29) is 12.1 Å². The molecule has 1 amide bonds. The highest BCUT2D eigenvalue weighted by Gasteiger charge is 2.21. The summed E-state index contributed by atoms with van der Waals surface area (Å²) in [5.74, 6) is -1.72. The number of nitro groups is 1. The van der Waals surface area contributed by atoms with Crippen LogP contribution in [0.2, 0.25) is 0 Å². The van der Waals surface area contributed by atoms with Crippen molar-refractivity contribution in [2.45, 2.75) is 12.5 Å². The van der Waals surface area contributed by atoms with E-state index in [1.807, 2.05) is 0 Å². The smallest absolute Gasteiger partial charge is 0.326 e. The molecular weight excluding hydrogens is 302 g/mol. The summed E-state index contributed by atoms with van der Waals surface area (Å²) >= 11 is 0. The summed E-state index contributed by atoms with van der Waals surface area (Å²) < 4.78 is 0. The fraction of sp³-hybridized carbons (Fsp3) is 0.133. The van der Waals surface area contributed by atoms with Gasteiger partial charge in [0.05, 0.1) is 4.92 Å². The van der Waals surface area contributed by atoms with Crippen LogP contribution in [-0.4, -0.2) is 32.9 Å². The number of non-ortho nitro benzene ring substituents is 1. The molecule has 0 bridgehead atoms. The third kappa shape index (κ3) is 4.34. The fourth-order valence-corrected chi connectivity index (χ4v) is 1.93. The summed E-state index contributed by atoms with van der Waals surface area (Å²) in [6, 6.07) is 7.31. The number of hydrogen-bond donors (Lipinski definition) is 2. The lowest BCUT2D eigenvalue weighted by molar-refractivity contribution is -0.384. The molecule has 1 aromatic heterocycles. The first-order chi connectivity index (χ1) is 11.0. The number of carbonyl (C=O) groups excluding carboxylic acids is 1. The lowest BCUT2D eigenvalue weighted by Crippen LogP contribution is -2.42. The molecule has 1 atom stereocenters. The minimum atomic E-state index is -1.19. The second-order valence-electron chi connectivity index (χ2n) is 4.73. The Hall–Kier alpha value is -3.29. The zero-order chi connectivity index (χ0) is 16.8. The molecule has 0 radical (unpaired) electrons. The van der Waals surface area contributed by atoms with Crippen LogP contribution in [0.1, 0.15) is 15.9 Å². The van der Waals surface area contributed by atoms with E-state index in [9.17, 15) is 24.8 Å². The molecule has 0 saturated heterocycles. The third-order valence-electron chi connectivity index (χ3n) is 3.13. The Morgan fingerprint density at radius 3 is 2.30 bits per heavy atom. The van der Waals surface area contributed by atoms with Crippen molar-refractivity contribution in [1.29, 1.82) is 0 Å². The highest BCUT2D eigenvalue weighted by Crippen LogP contribution is 2.13. The van der Waals surface area contributed by atoms with Crippen LogP contribution in [0.5, 0.6) is 0 Å². The van der Waals surface area contributed by atoms with Crippen molar-refractivity contribution >= 4 is 17.6 Å². The molecule has 23 heavy (non-hydrogen) atoms. The van der Waals surface area contributed by atoms with Gasteiger partial charge in [-0.2, -0.15) is 0 Å². The van der Waals surface area contributed by atoms with Crippen LogP contribution in [0.15, 0.2) is 48.8 Å². The summed E-state index contributed by atoms with van der Waals surface area (Å²) in [4.78, 5) is 37.1. The van der Waals surface area contributed by atoms with Gasteiger partial charge in [-0.15, -0.1) is 0 Å². The van der Waals surface area contributed by atoms with Crippen LogP contribution >= 0.6 is 0 Å². The average Bonchev–Trinajstić information content (AvgIpc) is 2.55. The lowest BCUT2D eigenvalue weighted by atomic mass is 10.1. The van der Waals surface area contributed by atoms with E-state index >= 15 is 0 Å². The van der Waals surface area contributed by atoms with Crippen molar-refractivity contribution in [2.75, 3.05) is 0 Å². The number of carbonyl (C=O) groups is 2. The minimum absolute atomic E-state index is 0.0180. The van der Waals surface area contributed by atoms with Crippen LogP contribution in [0.3, 0.4) is 0 Å². The van der Waals surface area contributed by atoms with Gasteiger partial charge in [0.25, 0.3) is 11.6 Å². The summed E-state index contributed by atoms with van der Waals surface area (Å²) in [6.45, 7) is 0. The summed E-state index contributed by atoms with van der Waals surface area (Å²) in [5.41, 5.74) is 0.787. The quantitative estimate of drug-likeness (QED) is 0.614. The van der Waals surface area contributed by atoms with Crippen molar-refractivity contribution in [1.82, 2.24) is 10.3 Å². The number of nitrogens with one attached hydrogen (secondary N) is 1. The van der Waals surface area contributed by atoms with Gasteiger partial charge in [0.1, 0.15) is 6.04 Å². The van der Waals surface area contributed by atoms with E-state index in [0.29, 0.717) is 11.1 Å². The van der Waals surface area contributed by atoms with Crippen molar-refractivity contribution in [2.24, 2.45) is 0 Å². The van der Waals surface area contributed by atoms with E-state index in [0.717, 1.165) is 0 Å². The van der Waals surface area contributed by atoms with Crippen molar-refractivity contribution in [3.8, 4) is 0 Å². The van der Waals surface area contributed by atoms with Gasteiger partial charge in [-0.1, -0.05) is 12.1 Å². The Morgan fingerprint density at radius 2 is 1.78 bits per heavy atom.